The zero-order valence-electron chi connectivity index (χ0n) is 8.87. The van der Waals surface area contributed by atoms with Crippen LogP contribution in [0.4, 0.5) is 0 Å². The maximum Gasteiger partial charge on any atom is 0.124 e. The molecule has 1 rings (SSSR count). The highest BCUT2D eigenvalue weighted by atomic mass is 79.9. The van der Waals surface area contributed by atoms with E-state index >= 15 is 0 Å². The molecule has 15 heavy (non-hydrogen) atoms. The number of rotatable bonds is 5. The minimum atomic E-state index is -0.494. The zero-order valence-corrected chi connectivity index (χ0v) is 10.5. The molecule has 0 bridgehead atoms. The standard InChI is InChI=1S/C11H15BrO3/c1-14-7-9-5-8(10(13)6-12)3-4-11(9)15-2/h3-5,10,13H,6-7H2,1-2H3. The second-order valence-electron chi connectivity index (χ2n) is 3.17. The van der Waals surface area contributed by atoms with Gasteiger partial charge in [-0.1, -0.05) is 22.0 Å². The first-order valence-electron chi connectivity index (χ1n) is 4.62. The van der Waals surface area contributed by atoms with Crippen LogP contribution in [0.3, 0.4) is 0 Å². The first kappa shape index (κ1) is 12.5. The fourth-order valence-corrected chi connectivity index (χ4v) is 1.74. The molecule has 0 aliphatic carbocycles. The van der Waals surface area contributed by atoms with Crippen molar-refractivity contribution in [3.8, 4) is 5.75 Å². The van der Waals surface area contributed by atoms with E-state index in [2.05, 4.69) is 15.9 Å². The van der Waals surface area contributed by atoms with Crippen LogP contribution in [0.2, 0.25) is 0 Å². The predicted molar refractivity (Wildman–Crippen MR) is 62.5 cm³/mol. The molecule has 1 aromatic rings. The lowest BCUT2D eigenvalue weighted by atomic mass is 10.1. The van der Waals surface area contributed by atoms with Gasteiger partial charge in [-0.05, 0) is 17.7 Å². The van der Waals surface area contributed by atoms with Gasteiger partial charge in [0.2, 0.25) is 0 Å². The fourth-order valence-electron chi connectivity index (χ4n) is 1.36. The molecule has 0 amide bonds. The van der Waals surface area contributed by atoms with Crippen LogP contribution in [-0.4, -0.2) is 24.7 Å². The monoisotopic (exact) mass is 274 g/mol. The van der Waals surface area contributed by atoms with Gasteiger partial charge in [0.15, 0.2) is 0 Å². The van der Waals surface area contributed by atoms with Gasteiger partial charge >= 0.3 is 0 Å². The Balaban J connectivity index is 2.98. The highest BCUT2D eigenvalue weighted by Crippen LogP contribution is 2.24. The minimum absolute atomic E-state index is 0.478. The maximum absolute atomic E-state index is 9.66. The molecule has 0 saturated heterocycles. The summed E-state index contributed by atoms with van der Waals surface area (Å²) in [5.74, 6) is 0.780. The highest BCUT2D eigenvalue weighted by Gasteiger charge is 2.09. The molecule has 4 heteroatoms. The summed E-state index contributed by atoms with van der Waals surface area (Å²) >= 11 is 3.24. The van der Waals surface area contributed by atoms with E-state index in [0.717, 1.165) is 16.9 Å². The van der Waals surface area contributed by atoms with Crippen molar-refractivity contribution in [1.82, 2.24) is 0 Å². The smallest absolute Gasteiger partial charge is 0.124 e. The van der Waals surface area contributed by atoms with Crippen molar-refractivity contribution in [3.63, 3.8) is 0 Å². The Labute approximate surface area is 98.1 Å². The summed E-state index contributed by atoms with van der Waals surface area (Å²) in [4.78, 5) is 0. The molecule has 0 fully saturated rings. The second-order valence-corrected chi connectivity index (χ2v) is 3.82. The summed E-state index contributed by atoms with van der Waals surface area (Å²) in [7, 11) is 3.25. The number of aliphatic hydroxyl groups is 1. The Hall–Kier alpha value is -0.580. The second kappa shape index (κ2) is 6.10. The lowest BCUT2D eigenvalue weighted by Crippen LogP contribution is -2.01. The lowest BCUT2D eigenvalue weighted by molar-refractivity contribution is 0.180. The SMILES string of the molecule is COCc1cc(C(O)CBr)ccc1OC. The average molecular weight is 275 g/mol. The van der Waals surface area contributed by atoms with Gasteiger partial charge in [0.25, 0.3) is 0 Å². The van der Waals surface area contributed by atoms with Crippen LogP contribution in [0.15, 0.2) is 18.2 Å². The molecule has 0 radical (unpaired) electrons. The van der Waals surface area contributed by atoms with Crippen molar-refractivity contribution in [2.45, 2.75) is 12.7 Å². The van der Waals surface area contributed by atoms with E-state index in [1.807, 2.05) is 18.2 Å². The third-order valence-electron chi connectivity index (χ3n) is 2.14. The molecule has 1 atom stereocenters. The van der Waals surface area contributed by atoms with Crippen molar-refractivity contribution in [1.29, 1.82) is 0 Å². The molecule has 84 valence electrons. The Morgan fingerprint density at radius 2 is 2.13 bits per heavy atom. The predicted octanol–water partition coefficient (Wildman–Crippen LogP) is 2.27. The first-order chi connectivity index (χ1) is 7.22. The summed E-state index contributed by atoms with van der Waals surface area (Å²) in [6, 6.07) is 5.59. The van der Waals surface area contributed by atoms with E-state index in [-0.39, 0.29) is 0 Å². The quantitative estimate of drug-likeness (QED) is 0.838. The molecule has 1 N–H and O–H groups in total. The van der Waals surface area contributed by atoms with Gasteiger partial charge in [-0.3, -0.25) is 0 Å². The van der Waals surface area contributed by atoms with Gasteiger partial charge in [-0.25, -0.2) is 0 Å². The summed E-state index contributed by atoms with van der Waals surface area (Å²) in [6.45, 7) is 0.478. The Morgan fingerprint density at radius 1 is 1.40 bits per heavy atom. The van der Waals surface area contributed by atoms with Crippen molar-refractivity contribution in [3.05, 3.63) is 29.3 Å². The van der Waals surface area contributed by atoms with Gasteiger partial charge in [0, 0.05) is 18.0 Å². The first-order valence-corrected chi connectivity index (χ1v) is 5.74. The van der Waals surface area contributed by atoms with Gasteiger partial charge in [-0.2, -0.15) is 0 Å². The summed E-state index contributed by atoms with van der Waals surface area (Å²) in [5, 5.41) is 10.2. The van der Waals surface area contributed by atoms with Crippen molar-refractivity contribution in [2.75, 3.05) is 19.5 Å². The Morgan fingerprint density at radius 3 is 2.67 bits per heavy atom. The molecule has 0 spiro atoms. The molecule has 1 unspecified atom stereocenters. The number of halogens is 1. The third kappa shape index (κ3) is 3.19. The van der Waals surface area contributed by atoms with E-state index in [4.69, 9.17) is 9.47 Å². The normalized spacial score (nSPS) is 12.5. The van der Waals surface area contributed by atoms with Crippen LogP contribution < -0.4 is 4.74 Å². The minimum Gasteiger partial charge on any atom is -0.496 e. The molecule has 3 nitrogen and oxygen atoms in total. The molecule has 0 aliphatic heterocycles. The molecular weight excluding hydrogens is 260 g/mol. The van der Waals surface area contributed by atoms with Crippen molar-refractivity contribution in [2.24, 2.45) is 0 Å². The van der Waals surface area contributed by atoms with Gasteiger partial charge < -0.3 is 14.6 Å². The molecule has 0 saturated carbocycles. The molecule has 0 aromatic heterocycles. The largest absolute Gasteiger partial charge is 0.496 e. The van der Waals surface area contributed by atoms with Crippen molar-refractivity contribution >= 4 is 15.9 Å². The summed E-state index contributed by atoms with van der Waals surface area (Å²) in [5.41, 5.74) is 1.80. The molecule has 0 heterocycles. The number of alkyl halides is 1. The Kier molecular flexibility index (Phi) is 5.08. The number of benzene rings is 1. The molecular formula is C11H15BrO3. The van der Waals surface area contributed by atoms with Gasteiger partial charge in [-0.15, -0.1) is 0 Å². The summed E-state index contributed by atoms with van der Waals surface area (Å²) < 4.78 is 10.3. The summed E-state index contributed by atoms with van der Waals surface area (Å²) in [6.07, 6.45) is -0.494. The Bertz CT molecular complexity index is 315. The topological polar surface area (TPSA) is 38.7 Å². The van der Waals surface area contributed by atoms with Crippen LogP contribution in [0.25, 0.3) is 0 Å². The molecule has 0 aliphatic rings. The van der Waals surface area contributed by atoms with E-state index < -0.39 is 6.10 Å². The van der Waals surface area contributed by atoms with Crippen LogP contribution in [0.5, 0.6) is 5.75 Å². The van der Waals surface area contributed by atoms with Crippen LogP contribution in [0.1, 0.15) is 17.2 Å². The van der Waals surface area contributed by atoms with Crippen LogP contribution in [0, 0.1) is 0 Å². The number of hydrogen-bond acceptors (Lipinski definition) is 3. The van der Waals surface area contributed by atoms with Crippen LogP contribution >= 0.6 is 15.9 Å². The van der Waals surface area contributed by atoms with Gasteiger partial charge in [0.1, 0.15) is 5.75 Å². The maximum atomic E-state index is 9.66. The zero-order chi connectivity index (χ0) is 11.3. The highest BCUT2D eigenvalue weighted by molar-refractivity contribution is 9.09. The average Bonchev–Trinajstić information content (AvgIpc) is 2.28. The van der Waals surface area contributed by atoms with E-state index in [1.165, 1.54) is 0 Å². The van der Waals surface area contributed by atoms with Gasteiger partial charge in [0.05, 0.1) is 19.8 Å². The number of hydrogen-bond donors (Lipinski definition) is 1. The number of methoxy groups -OCH3 is 2. The molecule has 1 aromatic carbocycles. The number of aliphatic hydroxyl groups excluding tert-OH is 1. The fraction of sp³-hybridized carbons (Fsp3) is 0.455. The van der Waals surface area contributed by atoms with E-state index in [1.54, 1.807) is 14.2 Å². The van der Waals surface area contributed by atoms with Crippen LogP contribution in [-0.2, 0) is 11.3 Å². The van der Waals surface area contributed by atoms with E-state index in [0.29, 0.717) is 11.9 Å². The van der Waals surface area contributed by atoms with Crippen molar-refractivity contribution < 1.29 is 14.6 Å². The third-order valence-corrected chi connectivity index (χ3v) is 2.75. The number of ether oxygens (including phenoxy) is 2. The lowest BCUT2D eigenvalue weighted by Gasteiger charge is -2.12. The van der Waals surface area contributed by atoms with E-state index in [9.17, 15) is 5.11 Å².